The highest BCUT2D eigenvalue weighted by atomic mass is 19.1. The first kappa shape index (κ1) is 18.2. The first-order valence-corrected chi connectivity index (χ1v) is 8.07. The van der Waals surface area contributed by atoms with Crippen LogP contribution in [0.4, 0.5) is 14.5 Å². The maximum Gasteiger partial charge on any atom is 0.270 e. The second-order valence-electron chi connectivity index (χ2n) is 5.68. The molecule has 27 heavy (non-hydrogen) atoms. The van der Waals surface area contributed by atoms with Crippen LogP contribution in [0.3, 0.4) is 0 Å². The maximum absolute atomic E-state index is 13.7. The molecular formula is C20H15F2N3O2. The van der Waals surface area contributed by atoms with Crippen LogP contribution in [0.2, 0.25) is 0 Å². The number of anilines is 1. The maximum atomic E-state index is 13.7. The molecule has 2 aromatic carbocycles. The fourth-order valence-electron chi connectivity index (χ4n) is 2.35. The van der Waals surface area contributed by atoms with E-state index in [1.807, 2.05) is 30.3 Å². The summed E-state index contributed by atoms with van der Waals surface area (Å²) < 4.78 is 26.6. The second-order valence-corrected chi connectivity index (χ2v) is 5.68. The molecule has 0 aliphatic rings. The quantitative estimate of drug-likeness (QED) is 0.725. The molecule has 0 atom stereocenters. The number of carbonyl (C=O) groups is 2. The number of hydrogen-bond acceptors (Lipinski definition) is 3. The van der Waals surface area contributed by atoms with Gasteiger partial charge in [0.15, 0.2) is 0 Å². The Morgan fingerprint density at radius 1 is 0.926 bits per heavy atom. The van der Waals surface area contributed by atoms with Crippen LogP contribution >= 0.6 is 0 Å². The van der Waals surface area contributed by atoms with Crippen molar-refractivity contribution in [3.8, 4) is 0 Å². The fourth-order valence-corrected chi connectivity index (χ4v) is 2.35. The Hall–Kier alpha value is -3.61. The molecule has 0 unspecified atom stereocenters. The van der Waals surface area contributed by atoms with Gasteiger partial charge in [-0.1, -0.05) is 30.3 Å². The first-order chi connectivity index (χ1) is 13.0. The van der Waals surface area contributed by atoms with Crippen molar-refractivity contribution in [1.29, 1.82) is 0 Å². The Kier molecular flexibility index (Phi) is 5.51. The summed E-state index contributed by atoms with van der Waals surface area (Å²) in [5.41, 5.74) is 0.941. The van der Waals surface area contributed by atoms with Crippen molar-refractivity contribution < 1.29 is 18.4 Å². The van der Waals surface area contributed by atoms with Gasteiger partial charge in [0, 0.05) is 24.4 Å². The molecule has 3 rings (SSSR count). The molecule has 0 saturated heterocycles. The zero-order chi connectivity index (χ0) is 19.2. The number of pyridine rings is 1. The van der Waals surface area contributed by atoms with E-state index in [2.05, 4.69) is 15.6 Å². The number of carbonyl (C=O) groups excluding carboxylic acids is 2. The van der Waals surface area contributed by atoms with Gasteiger partial charge < -0.3 is 10.6 Å². The van der Waals surface area contributed by atoms with E-state index in [0.717, 1.165) is 17.7 Å². The molecule has 0 aliphatic carbocycles. The number of rotatable bonds is 5. The number of hydrogen-bond donors (Lipinski definition) is 2. The van der Waals surface area contributed by atoms with Crippen molar-refractivity contribution in [3.63, 3.8) is 0 Å². The van der Waals surface area contributed by atoms with E-state index in [9.17, 15) is 18.4 Å². The van der Waals surface area contributed by atoms with E-state index < -0.39 is 23.4 Å². The van der Waals surface area contributed by atoms with Gasteiger partial charge >= 0.3 is 0 Å². The molecular weight excluding hydrogens is 352 g/mol. The minimum atomic E-state index is -0.891. The number of amides is 2. The molecule has 2 amide bonds. The third kappa shape index (κ3) is 4.72. The van der Waals surface area contributed by atoms with Gasteiger partial charge in [-0.15, -0.1) is 0 Å². The lowest BCUT2D eigenvalue weighted by atomic mass is 10.2. The van der Waals surface area contributed by atoms with E-state index >= 15 is 0 Å². The number of nitrogens with one attached hydrogen (secondary N) is 2. The van der Waals surface area contributed by atoms with Crippen molar-refractivity contribution in [3.05, 3.63) is 95.3 Å². The lowest BCUT2D eigenvalue weighted by Gasteiger charge is -2.08. The predicted octanol–water partition coefficient (Wildman–Crippen LogP) is 3.54. The Balaban J connectivity index is 1.68. The van der Waals surface area contributed by atoms with E-state index in [1.54, 1.807) is 0 Å². The highest BCUT2D eigenvalue weighted by Crippen LogP contribution is 2.16. The van der Waals surface area contributed by atoms with Crippen molar-refractivity contribution in [2.75, 3.05) is 5.32 Å². The first-order valence-electron chi connectivity index (χ1n) is 8.07. The molecule has 0 radical (unpaired) electrons. The van der Waals surface area contributed by atoms with Gasteiger partial charge in [0.1, 0.15) is 17.3 Å². The van der Waals surface area contributed by atoms with Gasteiger partial charge in [-0.05, 0) is 29.8 Å². The molecule has 0 bridgehead atoms. The fraction of sp³-hybridized carbons (Fsp3) is 0.0500. The summed E-state index contributed by atoms with van der Waals surface area (Å²) in [5, 5.41) is 5.05. The Bertz CT molecular complexity index is 978. The number of halogens is 2. The monoisotopic (exact) mass is 367 g/mol. The third-order valence-corrected chi connectivity index (χ3v) is 3.73. The van der Waals surface area contributed by atoms with Crippen LogP contribution in [0, 0.1) is 11.6 Å². The molecule has 2 N–H and O–H groups in total. The summed E-state index contributed by atoms with van der Waals surface area (Å²) >= 11 is 0. The van der Waals surface area contributed by atoms with Gasteiger partial charge in [-0.2, -0.15) is 0 Å². The lowest BCUT2D eigenvalue weighted by Crippen LogP contribution is -2.24. The highest BCUT2D eigenvalue weighted by molar-refractivity contribution is 6.05. The van der Waals surface area contributed by atoms with E-state index in [-0.39, 0.29) is 16.9 Å². The van der Waals surface area contributed by atoms with Gasteiger partial charge in [0.05, 0.1) is 5.69 Å². The molecule has 7 heteroatoms. The molecule has 136 valence electrons. The SMILES string of the molecule is O=C(Nc1ccc(F)cc1F)c1ccnc(C(=O)NCc2ccccc2)c1. The molecule has 5 nitrogen and oxygen atoms in total. The van der Waals surface area contributed by atoms with Crippen LogP contribution in [-0.2, 0) is 6.54 Å². The Labute approximate surface area is 154 Å². The summed E-state index contributed by atoms with van der Waals surface area (Å²) in [5.74, 6) is -2.72. The molecule has 3 aromatic rings. The summed E-state index contributed by atoms with van der Waals surface area (Å²) in [6, 6.07) is 14.9. The number of aromatic nitrogens is 1. The van der Waals surface area contributed by atoms with Crippen molar-refractivity contribution >= 4 is 17.5 Å². The zero-order valence-electron chi connectivity index (χ0n) is 14.1. The van der Waals surface area contributed by atoms with Crippen LogP contribution in [-0.4, -0.2) is 16.8 Å². The average molecular weight is 367 g/mol. The van der Waals surface area contributed by atoms with E-state index in [4.69, 9.17) is 0 Å². The number of nitrogens with zero attached hydrogens (tertiary/aromatic N) is 1. The number of benzene rings is 2. The van der Waals surface area contributed by atoms with Crippen LogP contribution < -0.4 is 10.6 Å². The molecule has 0 spiro atoms. The van der Waals surface area contributed by atoms with Crippen molar-refractivity contribution in [2.24, 2.45) is 0 Å². The van der Waals surface area contributed by atoms with Crippen LogP contribution in [0.25, 0.3) is 0 Å². The third-order valence-electron chi connectivity index (χ3n) is 3.73. The van der Waals surface area contributed by atoms with Gasteiger partial charge in [-0.25, -0.2) is 8.78 Å². The lowest BCUT2D eigenvalue weighted by molar-refractivity contribution is 0.0946. The zero-order valence-corrected chi connectivity index (χ0v) is 14.1. The standard InChI is InChI=1S/C20H15F2N3O2/c21-15-6-7-17(16(22)11-15)25-19(26)14-8-9-23-18(10-14)20(27)24-12-13-4-2-1-3-5-13/h1-11H,12H2,(H,24,27)(H,25,26). The Morgan fingerprint density at radius 3 is 2.44 bits per heavy atom. The van der Waals surface area contributed by atoms with Gasteiger partial charge in [-0.3, -0.25) is 14.6 Å². The van der Waals surface area contributed by atoms with Gasteiger partial charge in [0.2, 0.25) is 0 Å². The molecule has 1 heterocycles. The topological polar surface area (TPSA) is 71.1 Å². The van der Waals surface area contributed by atoms with Gasteiger partial charge in [0.25, 0.3) is 11.8 Å². The molecule has 1 aromatic heterocycles. The predicted molar refractivity (Wildman–Crippen MR) is 96.2 cm³/mol. The highest BCUT2D eigenvalue weighted by Gasteiger charge is 2.14. The summed E-state index contributed by atoms with van der Waals surface area (Å²) in [6.45, 7) is 0.318. The average Bonchev–Trinajstić information content (AvgIpc) is 2.69. The van der Waals surface area contributed by atoms with Crippen molar-refractivity contribution in [2.45, 2.75) is 6.54 Å². The second kappa shape index (κ2) is 8.18. The Morgan fingerprint density at radius 2 is 1.70 bits per heavy atom. The van der Waals surface area contributed by atoms with Crippen LogP contribution in [0.1, 0.15) is 26.4 Å². The minimum Gasteiger partial charge on any atom is -0.347 e. The summed E-state index contributed by atoms with van der Waals surface area (Å²) in [7, 11) is 0. The normalized spacial score (nSPS) is 10.3. The summed E-state index contributed by atoms with van der Waals surface area (Å²) in [6.07, 6.45) is 1.31. The largest absolute Gasteiger partial charge is 0.347 e. The van der Waals surface area contributed by atoms with Crippen LogP contribution in [0.15, 0.2) is 66.9 Å². The van der Waals surface area contributed by atoms with Crippen LogP contribution in [0.5, 0.6) is 0 Å². The molecule has 0 saturated carbocycles. The molecule has 0 fully saturated rings. The van der Waals surface area contributed by atoms with E-state index in [0.29, 0.717) is 12.6 Å². The summed E-state index contributed by atoms with van der Waals surface area (Å²) in [4.78, 5) is 28.5. The minimum absolute atomic E-state index is 0.0539. The van der Waals surface area contributed by atoms with Crippen molar-refractivity contribution in [1.82, 2.24) is 10.3 Å². The van der Waals surface area contributed by atoms with E-state index in [1.165, 1.54) is 18.3 Å². The molecule has 0 aliphatic heterocycles. The smallest absolute Gasteiger partial charge is 0.270 e.